The molecule has 1 aromatic heterocycles. The highest BCUT2D eigenvalue weighted by Crippen LogP contribution is 2.19. The van der Waals surface area contributed by atoms with Crippen molar-refractivity contribution in [2.24, 2.45) is 0 Å². The van der Waals surface area contributed by atoms with Crippen molar-refractivity contribution < 1.29 is 4.52 Å². The van der Waals surface area contributed by atoms with Crippen molar-refractivity contribution in [1.82, 2.24) is 15.0 Å². The standard InChI is InChI=1S/C16H20N4O/c1-4-6-15-18-16(21-19-15)12(2)20(3)11-14-8-5-7-13(9-14)10-17/h5,7-9,12H,4,6,11H2,1-3H3/t12-/m1/s1. The Morgan fingerprint density at radius 3 is 2.95 bits per heavy atom. The predicted octanol–water partition coefficient (Wildman–Crippen LogP) is 3.09. The Kier molecular flexibility index (Phi) is 5.07. The molecule has 21 heavy (non-hydrogen) atoms. The first-order valence-electron chi connectivity index (χ1n) is 7.15. The minimum Gasteiger partial charge on any atom is -0.338 e. The summed E-state index contributed by atoms with van der Waals surface area (Å²) in [5.74, 6) is 1.40. The summed E-state index contributed by atoms with van der Waals surface area (Å²) >= 11 is 0. The number of nitrogens with zero attached hydrogens (tertiary/aromatic N) is 4. The highest BCUT2D eigenvalue weighted by molar-refractivity contribution is 5.32. The van der Waals surface area contributed by atoms with E-state index in [1.165, 1.54) is 0 Å². The van der Waals surface area contributed by atoms with Crippen LogP contribution in [0.25, 0.3) is 0 Å². The van der Waals surface area contributed by atoms with Gasteiger partial charge in [0.2, 0.25) is 5.89 Å². The first kappa shape index (κ1) is 15.2. The van der Waals surface area contributed by atoms with Gasteiger partial charge in [-0.25, -0.2) is 0 Å². The topological polar surface area (TPSA) is 66.0 Å². The third-order valence-electron chi connectivity index (χ3n) is 3.46. The Morgan fingerprint density at radius 1 is 1.43 bits per heavy atom. The normalized spacial score (nSPS) is 12.3. The lowest BCUT2D eigenvalue weighted by Crippen LogP contribution is -2.22. The number of rotatable bonds is 6. The van der Waals surface area contributed by atoms with E-state index in [9.17, 15) is 0 Å². The fourth-order valence-corrected chi connectivity index (χ4v) is 2.11. The summed E-state index contributed by atoms with van der Waals surface area (Å²) in [6, 6.07) is 9.82. The average molecular weight is 284 g/mol. The minimum atomic E-state index is 0.0360. The lowest BCUT2D eigenvalue weighted by atomic mass is 10.1. The van der Waals surface area contributed by atoms with Crippen LogP contribution in [0.3, 0.4) is 0 Å². The van der Waals surface area contributed by atoms with Crippen LogP contribution in [-0.2, 0) is 13.0 Å². The van der Waals surface area contributed by atoms with Crippen LogP contribution in [0, 0.1) is 11.3 Å². The van der Waals surface area contributed by atoms with E-state index >= 15 is 0 Å². The number of aryl methyl sites for hydroxylation is 1. The summed E-state index contributed by atoms with van der Waals surface area (Å²) in [7, 11) is 2.01. The van der Waals surface area contributed by atoms with Gasteiger partial charge in [-0.3, -0.25) is 4.90 Å². The number of nitriles is 1. The zero-order valence-electron chi connectivity index (χ0n) is 12.7. The summed E-state index contributed by atoms with van der Waals surface area (Å²) in [5, 5.41) is 12.9. The quantitative estimate of drug-likeness (QED) is 0.815. The van der Waals surface area contributed by atoms with Crippen molar-refractivity contribution in [2.75, 3.05) is 7.05 Å². The van der Waals surface area contributed by atoms with Gasteiger partial charge in [0.15, 0.2) is 5.82 Å². The lowest BCUT2D eigenvalue weighted by molar-refractivity contribution is 0.202. The molecule has 110 valence electrons. The molecule has 0 aliphatic rings. The van der Waals surface area contributed by atoms with E-state index in [-0.39, 0.29) is 6.04 Å². The molecule has 2 aromatic rings. The van der Waals surface area contributed by atoms with E-state index in [1.807, 2.05) is 38.2 Å². The van der Waals surface area contributed by atoms with Crippen molar-refractivity contribution in [2.45, 2.75) is 39.3 Å². The monoisotopic (exact) mass is 284 g/mol. The summed E-state index contributed by atoms with van der Waals surface area (Å²) in [4.78, 5) is 6.55. The Balaban J connectivity index is 2.04. The van der Waals surface area contributed by atoms with Gasteiger partial charge in [0.1, 0.15) is 0 Å². The van der Waals surface area contributed by atoms with Gasteiger partial charge < -0.3 is 4.52 Å². The van der Waals surface area contributed by atoms with E-state index < -0.39 is 0 Å². The number of hydrogen-bond acceptors (Lipinski definition) is 5. The van der Waals surface area contributed by atoms with Crippen LogP contribution in [0.2, 0.25) is 0 Å². The molecule has 1 heterocycles. The molecule has 5 nitrogen and oxygen atoms in total. The van der Waals surface area contributed by atoms with Crippen LogP contribution in [0.1, 0.15) is 49.2 Å². The molecule has 0 aliphatic carbocycles. The maximum atomic E-state index is 8.94. The fraction of sp³-hybridized carbons (Fsp3) is 0.438. The van der Waals surface area contributed by atoms with Crippen molar-refractivity contribution in [3.05, 3.63) is 47.1 Å². The van der Waals surface area contributed by atoms with E-state index in [1.54, 1.807) is 0 Å². The van der Waals surface area contributed by atoms with Gasteiger partial charge in [-0.15, -0.1) is 0 Å². The van der Waals surface area contributed by atoms with Crippen LogP contribution in [0.5, 0.6) is 0 Å². The SMILES string of the molecule is CCCc1noc([C@@H](C)N(C)Cc2cccc(C#N)c2)n1. The Hall–Kier alpha value is -2.19. The second-order valence-corrected chi connectivity index (χ2v) is 5.20. The van der Waals surface area contributed by atoms with E-state index in [4.69, 9.17) is 9.78 Å². The molecule has 2 rings (SSSR count). The highest BCUT2D eigenvalue weighted by Gasteiger charge is 2.18. The van der Waals surface area contributed by atoms with Crippen LogP contribution in [0.15, 0.2) is 28.8 Å². The Labute approximate surface area is 125 Å². The van der Waals surface area contributed by atoms with E-state index in [2.05, 4.69) is 28.0 Å². The Bertz CT molecular complexity index is 629. The molecular formula is C16H20N4O. The molecule has 0 amide bonds. The summed E-state index contributed by atoms with van der Waals surface area (Å²) in [6.45, 7) is 4.85. The van der Waals surface area contributed by atoms with Crippen LogP contribution in [-0.4, -0.2) is 22.1 Å². The predicted molar refractivity (Wildman–Crippen MR) is 79.3 cm³/mol. The first-order chi connectivity index (χ1) is 10.1. The van der Waals surface area contributed by atoms with Gasteiger partial charge in [0, 0.05) is 13.0 Å². The first-order valence-corrected chi connectivity index (χ1v) is 7.15. The molecule has 0 N–H and O–H groups in total. The zero-order chi connectivity index (χ0) is 15.2. The maximum Gasteiger partial charge on any atom is 0.243 e. The second-order valence-electron chi connectivity index (χ2n) is 5.20. The van der Waals surface area contributed by atoms with Crippen molar-refractivity contribution >= 4 is 0 Å². The molecule has 5 heteroatoms. The largest absolute Gasteiger partial charge is 0.338 e. The molecule has 0 radical (unpaired) electrons. The molecule has 0 spiro atoms. The van der Waals surface area contributed by atoms with Gasteiger partial charge in [-0.2, -0.15) is 10.2 Å². The van der Waals surface area contributed by atoms with Crippen molar-refractivity contribution in [3.63, 3.8) is 0 Å². The summed E-state index contributed by atoms with van der Waals surface area (Å²) < 4.78 is 5.33. The third-order valence-corrected chi connectivity index (χ3v) is 3.46. The average Bonchev–Trinajstić information content (AvgIpc) is 2.95. The van der Waals surface area contributed by atoms with E-state index in [0.717, 1.165) is 30.8 Å². The number of aromatic nitrogens is 2. The van der Waals surface area contributed by atoms with E-state index in [0.29, 0.717) is 11.5 Å². The maximum absolute atomic E-state index is 8.94. The summed E-state index contributed by atoms with van der Waals surface area (Å²) in [6.07, 6.45) is 1.84. The highest BCUT2D eigenvalue weighted by atomic mass is 16.5. The third kappa shape index (κ3) is 3.89. The van der Waals surface area contributed by atoms with Crippen molar-refractivity contribution in [3.8, 4) is 6.07 Å². The molecule has 0 unspecified atom stereocenters. The van der Waals surface area contributed by atoms with Gasteiger partial charge >= 0.3 is 0 Å². The van der Waals surface area contributed by atoms with Gasteiger partial charge in [0.05, 0.1) is 17.7 Å². The number of hydrogen-bond donors (Lipinski definition) is 0. The summed E-state index contributed by atoms with van der Waals surface area (Å²) in [5.41, 5.74) is 1.77. The molecule has 1 aromatic carbocycles. The lowest BCUT2D eigenvalue weighted by Gasteiger charge is -2.21. The van der Waals surface area contributed by atoms with Crippen molar-refractivity contribution in [1.29, 1.82) is 5.26 Å². The molecule has 1 atom stereocenters. The van der Waals surface area contributed by atoms with Gasteiger partial charge in [-0.05, 0) is 38.1 Å². The minimum absolute atomic E-state index is 0.0360. The van der Waals surface area contributed by atoms with Gasteiger partial charge in [-0.1, -0.05) is 24.2 Å². The zero-order valence-corrected chi connectivity index (χ0v) is 12.7. The van der Waals surface area contributed by atoms with Crippen LogP contribution >= 0.6 is 0 Å². The Morgan fingerprint density at radius 2 is 2.24 bits per heavy atom. The molecule has 0 saturated carbocycles. The second kappa shape index (κ2) is 7.00. The van der Waals surface area contributed by atoms with Gasteiger partial charge in [0.25, 0.3) is 0 Å². The molecule has 0 bridgehead atoms. The fourth-order valence-electron chi connectivity index (χ4n) is 2.11. The smallest absolute Gasteiger partial charge is 0.243 e. The van der Waals surface area contributed by atoms with Crippen LogP contribution < -0.4 is 0 Å². The molecular weight excluding hydrogens is 264 g/mol. The van der Waals surface area contributed by atoms with Crippen LogP contribution in [0.4, 0.5) is 0 Å². The molecule has 0 aliphatic heterocycles. The number of benzene rings is 1. The molecule has 0 saturated heterocycles. The molecule has 0 fully saturated rings.